The van der Waals surface area contributed by atoms with Gasteiger partial charge in [0, 0.05) is 31.9 Å². The molecule has 6 nitrogen and oxygen atoms in total. The molecule has 1 aromatic carbocycles. The average Bonchev–Trinajstić information content (AvgIpc) is 2.55. The van der Waals surface area contributed by atoms with Crippen LogP contribution in [0, 0.1) is 0 Å². The van der Waals surface area contributed by atoms with Gasteiger partial charge in [0.1, 0.15) is 0 Å². The van der Waals surface area contributed by atoms with E-state index in [1.54, 1.807) is 24.3 Å². The molecule has 1 saturated heterocycles. The number of carbonyl (C=O) groups excluding carboxylic acids is 2. The van der Waals surface area contributed by atoms with E-state index in [2.05, 4.69) is 26.8 Å². The first-order valence-corrected chi connectivity index (χ1v) is 7.55. The Balaban J connectivity index is 1.81. The zero-order chi connectivity index (χ0) is 15.9. The van der Waals surface area contributed by atoms with Gasteiger partial charge in [-0.15, -0.1) is 0 Å². The van der Waals surface area contributed by atoms with Crippen LogP contribution in [0.4, 0.5) is 5.69 Å². The lowest BCUT2D eigenvalue weighted by Crippen LogP contribution is -2.48. The molecule has 0 unspecified atom stereocenters. The number of piperazine rings is 1. The van der Waals surface area contributed by atoms with E-state index in [4.69, 9.17) is 0 Å². The highest BCUT2D eigenvalue weighted by Gasteiger charge is 2.17. The third-order valence-corrected chi connectivity index (χ3v) is 3.87. The van der Waals surface area contributed by atoms with Crippen LogP contribution in [0.1, 0.15) is 17.3 Å². The fraction of sp³-hybridized carbons (Fsp3) is 0.500. The molecule has 0 radical (unpaired) electrons. The average molecular weight is 305 g/mol. The quantitative estimate of drug-likeness (QED) is 0.824. The van der Waals surface area contributed by atoms with Gasteiger partial charge in [-0.3, -0.25) is 9.69 Å². The molecule has 120 valence electrons. The van der Waals surface area contributed by atoms with Gasteiger partial charge >= 0.3 is 5.97 Å². The van der Waals surface area contributed by atoms with Gasteiger partial charge in [0.2, 0.25) is 5.91 Å². The molecule has 6 heteroatoms. The molecule has 0 aromatic heterocycles. The van der Waals surface area contributed by atoms with E-state index < -0.39 is 0 Å². The van der Waals surface area contributed by atoms with Crippen molar-refractivity contribution in [3.8, 4) is 0 Å². The summed E-state index contributed by atoms with van der Waals surface area (Å²) in [5.41, 5.74) is 1.15. The van der Waals surface area contributed by atoms with Gasteiger partial charge in [-0.25, -0.2) is 4.79 Å². The molecule has 1 fully saturated rings. The number of nitrogens with zero attached hydrogens (tertiary/aromatic N) is 2. The second-order valence-electron chi connectivity index (χ2n) is 5.33. The largest absolute Gasteiger partial charge is 0.465 e. The molecule has 1 aromatic rings. The number of hydrogen-bond acceptors (Lipinski definition) is 5. The van der Waals surface area contributed by atoms with Gasteiger partial charge in [0.25, 0.3) is 0 Å². The normalized spacial score (nSPS) is 16.3. The summed E-state index contributed by atoms with van der Waals surface area (Å²) >= 11 is 0. The molecular weight excluding hydrogens is 282 g/mol. The van der Waals surface area contributed by atoms with Crippen LogP contribution in [0.25, 0.3) is 0 Å². The minimum absolute atomic E-state index is 0.0317. The Kier molecular flexibility index (Phi) is 5.91. The smallest absolute Gasteiger partial charge is 0.337 e. The Bertz CT molecular complexity index is 508. The topological polar surface area (TPSA) is 61.9 Å². The van der Waals surface area contributed by atoms with E-state index in [9.17, 15) is 9.59 Å². The molecule has 0 atom stereocenters. The molecule has 0 aliphatic carbocycles. The van der Waals surface area contributed by atoms with Gasteiger partial charge in [-0.05, 0) is 30.8 Å². The van der Waals surface area contributed by atoms with Crippen molar-refractivity contribution in [2.24, 2.45) is 0 Å². The number of likely N-dealkylation sites (N-methyl/N-ethyl adjacent to an activating group) is 1. The van der Waals surface area contributed by atoms with Crippen molar-refractivity contribution in [2.45, 2.75) is 6.92 Å². The Hall–Kier alpha value is -1.92. The van der Waals surface area contributed by atoms with Gasteiger partial charge in [-0.2, -0.15) is 0 Å². The zero-order valence-corrected chi connectivity index (χ0v) is 13.2. The van der Waals surface area contributed by atoms with Gasteiger partial charge < -0.3 is 15.0 Å². The predicted molar refractivity (Wildman–Crippen MR) is 85.0 cm³/mol. The van der Waals surface area contributed by atoms with Crippen LogP contribution in [0.3, 0.4) is 0 Å². The second kappa shape index (κ2) is 7.91. The lowest BCUT2D eigenvalue weighted by Gasteiger charge is -2.33. The Morgan fingerprint density at radius 3 is 2.23 bits per heavy atom. The molecule has 22 heavy (non-hydrogen) atoms. The van der Waals surface area contributed by atoms with Crippen molar-refractivity contribution in [3.63, 3.8) is 0 Å². The Morgan fingerprint density at radius 1 is 1.09 bits per heavy atom. The number of ether oxygens (including phenoxy) is 1. The maximum atomic E-state index is 12.0. The van der Waals surface area contributed by atoms with Crippen molar-refractivity contribution in [3.05, 3.63) is 29.8 Å². The van der Waals surface area contributed by atoms with Crippen LogP contribution in [0.2, 0.25) is 0 Å². The maximum Gasteiger partial charge on any atom is 0.337 e. The fourth-order valence-corrected chi connectivity index (χ4v) is 2.47. The van der Waals surface area contributed by atoms with Crippen LogP contribution >= 0.6 is 0 Å². The van der Waals surface area contributed by atoms with Crippen molar-refractivity contribution in [2.75, 3.05) is 51.7 Å². The first kappa shape index (κ1) is 16.5. The summed E-state index contributed by atoms with van der Waals surface area (Å²) in [6, 6.07) is 6.70. The minimum Gasteiger partial charge on any atom is -0.465 e. The second-order valence-corrected chi connectivity index (χ2v) is 5.33. The van der Waals surface area contributed by atoms with Crippen LogP contribution in [0.15, 0.2) is 24.3 Å². The van der Waals surface area contributed by atoms with E-state index in [0.717, 1.165) is 32.7 Å². The third kappa shape index (κ3) is 4.54. The molecule has 0 bridgehead atoms. The number of nitrogens with one attached hydrogen (secondary N) is 1. The lowest BCUT2D eigenvalue weighted by molar-refractivity contribution is -0.117. The monoisotopic (exact) mass is 305 g/mol. The third-order valence-electron chi connectivity index (χ3n) is 3.87. The van der Waals surface area contributed by atoms with Crippen LogP contribution in [-0.4, -0.2) is 68.1 Å². The highest BCUT2D eigenvalue weighted by molar-refractivity contribution is 5.93. The van der Waals surface area contributed by atoms with E-state index in [1.807, 2.05) is 0 Å². The van der Waals surface area contributed by atoms with Crippen LogP contribution < -0.4 is 5.32 Å². The number of amides is 1. The first-order chi connectivity index (χ1) is 10.6. The van der Waals surface area contributed by atoms with Gasteiger partial charge in [0.05, 0.1) is 19.2 Å². The van der Waals surface area contributed by atoms with Crippen molar-refractivity contribution < 1.29 is 14.3 Å². The van der Waals surface area contributed by atoms with Crippen molar-refractivity contribution in [1.29, 1.82) is 0 Å². The van der Waals surface area contributed by atoms with Gasteiger partial charge in [0.15, 0.2) is 0 Å². The van der Waals surface area contributed by atoms with E-state index in [-0.39, 0.29) is 11.9 Å². The molecule has 2 rings (SSSR count). The number of esters is 1. The molecule has 1 N–H and O–H groups in total. The summed E-state index contributed by atoms with van der Waals surface area (Å²) in [5, 5.41) is 2.85. The molecule has 1 amide bonds. The minimum atomic E-state index is -0.383. The Labute approximate surface area is 131 Å². The standard InChI is InChI=1S/C16H23N3O3/c1-3-18-8-10-19(11-9-18)12-15(20)17-14-6-4-13(5-7-14)16(21)22-2/h4-7H,3,8-12H2,1-2H3,(H,17,20). The summed E-state index contributed by atoms with van der Waals surface area (Å²) in [6.07, 6.45) is 0. The van der Waals surface area contributed by atoms with E-state index in [1.165, 1.54) is 7.11 Å². The van der Waals surface area contributed by atoms with E-state index >= 15 is 0 Å². The highest BCUT2D eigenvalue weighted by Crippen LogP contribution is 2.10. The first-order valence-electron chi connectivity index (χ1n) is 7.55. The van der Waals surface area contributed by atoms with Crippen LogP contribution in [-0.2, 0) is 9.53 Å². The van der Waals surface area contributed by atoms with Crippen molar-refractivity contribution in [1.82, 2.24) is 9.80 Å². The van der Waals surface area contributed by atoms with Crippen LogP contribution in [0.5, 0.6) is 0 Å². The number of carbonyl (C=O) groups is 2. The van der Waals surface area contributed by atoms with Crippen molar-refractivity contribution >= 4 is 17.6 Å². The maximum absolute atomic E-state index is 12.0. The Morgan fingerprint density at radius 2 is 1.68 bits per heavy atom. The summed E-state index contributed by atoms with van der Waals surface area (Å²) in [4.78, 5) is 27.9. The lowest BCUT2D eigenvalue weighted by atomic mass is 10.2. The molecule has 0 saturated carbocycles. The summed E-state index contributed by atoms with van der Waals surface area (Å²) in [7, 11) is 1.34. The highest BCUT2D eigenvalue weighted by atomic mass is 16.5. The fourth-order valence-electron chi connectivity index (χ4n) is 2.47. The molecule has 1 aliphatic heterocycles. The summed E-state index contributed by atoms with van der Waals surface area (Å²) in [5.74, 6) is -0.414. The summed E-state index contributed by atoms with van der Waals surface area (Å²) < 4.78 is 4.64. The number of methoxy groups -OCH3 is 1. The zero-order valence-electron chi connectivity index (χ0n) is 13.2. The molecule has 1 heterocycles. The number of benzene rings is 1. The molecule has 1 aliphatic rings. The number of rotatable bonds is 5. The van der Waals surface area contributed by atoms with Gasteiger partial charge in [-0.1, -0.05) is 6.92 Å². The predicted octanol–water partition coefficient (Wildman–Crippen LogP) is 1.05. The number of anilines is 1. The molecule has 0 spiro atoms. The summed E-state index contributed by atoms with van der Waals surface area (Å²) in [6.45, 7) is 7.48. The van der Waals surface area contributed by atoms with E-state index in [0.29, 0.717) is 17.8 Å². The molecular formula is C16H23N3O3. The number of hydrogen-bond donors (Lipinski definition) is 1. The SMILES string of the molecule is CCN1CCN(CC(=O)Nc2ccc(C(=O)OC)cc2)CC1.